The Kier molecular flexibility index (Phi) is 5.71. The van der Waals surface area contributed by atoms with Crippen LogP contribution >= 0.6 is 0 Å². The maximum Gasteiger partial charge on any atom is 0.417 e. The number of hydrogen-bond acceptors (Lipinski definition) is 3. The maximum atomic E-state index is 13.9. The fourth-order valence-corrected chi connectivity index (χ4v) is 6.38. The Labute approximate surface area is 192 Å². The second kappa shape index (κ2) is 8.42. The first-order valence-corrected chi connectivity index (χ1v) is 11.9. The molecule has 4 nitrogen and oxygen atoms in total. The lowest BCUT2D eigenvalue weighted by molar-refractivity contribution is -0.144. The number of fused-ring (bicyclic) bond motifs is 2. The van der Waals surface area contributed by atoms with E-state index in [4.69, 9.17) is 0 Å². The quantitative estimate of drug-likeness (QED) is 0.679. The van der Waals surface area contributed by atoms with Gasteiger partial charge in [-0.2, -0.15) is 13.2 Å². The van der Waals surface area contributed by atoms with E-state index in [1.165, 1.54) is 11.6 Å². The number of benzene rings is 1. The van der Waals surface area contributed by atoms with Crippen LogP contribution in [0.3, 0.4) is 0 Å². The van der Waals surface area contributed by atoms with Crippen LogP contribution in [-0.4, -0.2) is 28.4 Å². The smallest absolute Gasteiger partial charge is 0.337 e. The van der Waals surface area contributed by atoms with Gasteiger partial charge in [-0.1, -0.05) is 36.8 Å². The first-order valence-electron chi connectivity index (χ1n) is 11.9. The van der Waals surface area contributed by atoms with E-state index in [9.17, 15) is 18.0 Å². The average Bonchev–Trinajstić information content (AvgIpc) is 3.35. The molecule has 7 heteroatoms. The molecule has 5 rings (SSSR count). The molecule has 2 fully saturated rings. The summed E-state index contributed by atoms with van der Waals surface area (Å²) in [7, 11) is 0. The van der Waals surface area contributed by atoms with Crippen molar-refractivity contribution in [3.63, 3.8) is 0 Å². The van der Waals surface area contributed by atoms with Gasteiger partial charge in [0.05, 0.1) is 11.0 Å². The summed E-state index contributed by atoms with van der Waals surface area (Å²) in [6.45, 7) is 2.90. The minimum absolute atomic E-state index is 0.129. The molecule has 2 aromatic rings. The van der Waals surface area contributed by atoms with Gasteiger partial charge in [0.2, 0.25) is 5.91 Å². The van der Waals surface area contributed by atoms with Crippen molar-refractivity contribution in [1.29, 1.82) is 0 Å². The number of amides is 1. The minimum atomic E-state index is -4.43. The zero-order chi connectivity index (χ0) is 23.2. The number of carbonyl (C=O) groups excluding carboxylic acids is 1. The summed E-state index contributed by atoms with van der Waals surface area (Å²) >= 11 is 0. The van der Waals surface area contributed by atoms with Gasteiger partial charge in [-0.25, -0.2) is 0 Å². The molecule has 3 aliphatic rings. The number of halogens is 3. The molecule has 0 spiro atoms. The number of nitrogens with zero attached hydrogens (tertiary/aromatic N) is 2. The molecule has 2 aliphatic carbocycles. The molecule has 2 saturated carbocycles. The predicted octanol–water partition coefficient (Wildman–Crippen LogP) is 5.28. The van der Waals surface area contributed by atoms with Crippen LogP contribution in [-0.2, 0) is 23.9 Å². The summed E-state index contributed by atoms with van der Waals surface area (Å²) in [5, 5.41) is 3.74. The van der Waals surface area contributed by atoms with Crippen molar-refractivity contribution in [3.8, 4) is 0 Å². The van der Waals surface area contributed by atoms with Crippen LogP contribution in [0.5, 0.6) is 0 Å². The highest BCUT2D eigenvalue weighted by atomic mass is 19.4. The predicted molar refractivity (Wildman–Crippen MR) is 119 cm³/mol. The van der Waals surface area contributed by atoms with Gasteiger partial charge in [-0.05, 0) is 55.7 Å². The molecule has 2 heterocycles. The highest BCUT2D eigenvalue weighted by molar-refractivity contribution is 5.84. The van der Waals surface area contributed by atoms with Gasteiger partial charge >= 0.3 is 6.18 Å². The number of alkyl halides is 3. The second-order valence-electron chi connectivity index (χ2n) is 9.99. The van der Waals surface area contributed by atoms with Gasteiger partial charge in [-0.3, -0.25) is 9.78 Å². The first kappa shape index (κ1) is 22.4. The fourth-order valence-electron chi connectivity index (χ4n) is 6.38. The second-order valence-corrected chi connectivity index (χ2v) is 9.99. The van der Waals surface area contributed by atoms with Crippen molar-refractivity contribution in [1.82, 2.24) is 15.2 Å². The number of aromatic nitrogens is 1. The molecule has 4 atom stereocenters. The summed E-state index contributed by atoms with van der Waals surface area (Å²) in [5.74, 6) is 0.469. The maximum absolute atomic E-state index is 13.9. The molecule has 3 unspecified atom stereocenters. The highest BCUT2D eigenvalue weighted by Crippen LogP contribution is 2.55. The number of carbonyl (C=O) groups is 1. The van der Waals surface area contributed by atoms with Crippen molar-refractivity contribution in [2.75, 3.05) is 6.54 Å². The lowest BCUT2D eigenvalue weighted by atomic mass is 9.78. The van der Waals surface area contributed by atoms with E-state index in [1.807, 2.05) is 18.2 Å². The van der Waals surface area contributed by atoms with E-state index in [2.05, 4.69) is 29.4 Å². The number of hydrogen-bond donors (Lipinski definition) is 1. The first-order chi connectivity index (χ1) is 15.8. The molecule has 0 saturated heterocycles. The summed E-state index contributed by atoms with van der Waals surface area (Å²) in [5.41, 5.74) is 1.31. The van der Waals surface area contributed by atoms with Gasteiger partial charge in [-0.15, -0.1) is 0 Å². The Hall–Kier alpha value is -2.41. The third-order valence-corrected chi connectivity index (χ3v) is 8.00. The van der Waals surface area contributed by atoms with Crippen LogP contribution < -0.4 is 5.32 Å². The molecule has 33 heavy (non-hydrogen) atoms. The molecule has 1 aliphatic heterocycles. The third-order valence-electron chi connectivity index (χ3n) is 8.00. The normalized spacial score (nSPS) is 27.8. The van der Waals surface area contributed by atoms with Crippen molar-refractivity contribution in [3.05, 3.63) is 65.0 Å². The molecule has 176 valence electrons. The molecule has 1 N–H and O–H groups in total. The Morgan fingerprint density at radius 3 is 2.82 bits per heavy atom. The topological polar surface area (TPSA) is 45.2 Å². The Morgan fingerprint density at radius 1 is 1.27 bits per heavy atom. The van der Waals surface area contributed by atoms with Crippen molar-refractivity contribution >= 4 is 5.91 Å². The summed E-state index contributed by atoms with van der Waals surface area (Å²) in [6, 6.07) is 12.0. The summed E-state index contributed by atoms with van der Waals surface area (Å²) < 4.78 is 39.5. The Morgan fingerprint density at radius 2 is 2.06 bits per heavy atom. The Bertz CT molecular complexity index is 1030. The van der Waals surface area contributed by atoms with Gasteiger partial charge in [0, 0.05) is 43.5 Å². The summed E-state index contributed by atoms with van der Waals surface area (Å²) in [6.07, 6.45) is 1.73. The van der Waals surface area contributed by atoms with Crippen molar-refractivity contribution in [2.45, 2.75) is 70.3 Å². The molecule has 0 bridgehead atoms. The van der Waals surface area contributed by atoms with Crippen molar-refractivity contribution < 1.29 is 18.0 Å². The van der Waals surface area contributed by atoms with E-state index in [0.717, 1.165) is 38.3 Å². The van der Waals surface area contributed by atoms with Gasteiger partial charge in [0.15, 0.2) is 0 Å². The number of rotatable bonds is 4. The third kappa shape index (κ3) is 4.16. The van der Waals surface area contributed by atoms with Crippen LogP contribution in [0.25, 0.3) is 0 Å². The molecule has 0 radical (unpaired) electrons. The molecule has 1 aromatic heterocycles. The van der Waals surface area contributed by atoms with Crippen molar-refractivity contribution in [2.24, 2.45) is 11.3 Å². The van der Waals surface area contributed by atoms with E-state index in [-0.39, 0.29) is 30.0 Å². The van der Waals surface area contributed by atoms with Crippen LogP contribution in [0.15, 0.2) is 42.6 Å². The van der Waals surface area contributed by atoms with Gasteiger partial charge < -0.3 is 10.2 Å². The fraction of sp³-hybridized carbons (Fsp3) is 0.538. The van der Waals surface area contributed by atoms with E-state index in [0.29, 0.717) is 30.1 Å². The molecular weight excluding hydrogens is 427 g/mol. The number of nitrogens with one attached hydrogen (secondary N) is 1. The average molecular weight is 458 g/mol. The van der Waals surface area contributed by atoms with E-state index in [1.54, 1.807) is 4.90 Å². The Balaban J connectivity index is 1.32. The zero-order valence-electron chi connectivity index (χ0n) is 18.9. The van der Waals surface area contributed by atoms with Gasteiger partial charge in [0.25, 0.3) is 0 Å². The standard InChI is InChI=1S/C26H30F3N3O/c1-17(18-6-3-2-4-7-18)31-22-13-20-8-5-10-25(20,14-22)24(33)32-11-9-23-19(16-32)12-21(15-30-23)26(27,28)29/h2-4,6-7,12,15,17,20,22,31H,5,8-11,13-14,16H2,1H3/t17-,20?,22?,25?/m1/s1. The van der Waals surface area contributed by atoms with Crippen LogP contribution in [0.1, 0.15) is 67.5 Å². The largest absolute Gasteiger partial charge is 0.417 e. The SMILES string of the molecule is C[C@@H](NC1CC2CCCC2(C(=O)N2CCc3ncc(C(F)(F)F)cc3C2)C1)c1ccccc1. The van der Waals surface area contributed by atoms with Gasteiger partial charge in [0.1, 0.15) is 0 Å². The van der Waals surface area contributed by atoms with Crippen LogP contribution in [0, 0.1) is 11.3 Å². The van der Waals surface area contributed by atoms with E-state index < -0.39 is 11.7 Å². The van der Waals surface area contributed by atoms with Crippen LogP contribution in [0.4, 0.5) is 13.2 Å². The number of pyridine rings is 1. The van der Waals surface area contributed by atoms with E-state index >= 15 is 0 Å². The minimum Gasteiger partial charge on any atom is -0.337 e. The molecule has 1 amide bonds. The zero-order valence-corrected chi connectivity index (χ0v) is 18.9. The molecule has 1 aromatic carbocycles. The lowest BCUT2D eigenvalue weighted by Crippen LogP contribution is -2.47. The monoisotopic (exact) mass is 457 g/mol. The highest BCUT2D eigenvalue weighted by Gasteiger charge is 2.56. The van der Waals surface area contributed by atoms with Crippen LogP contribution in [0.2, 0.25) is 0 Å². The summed E-state index contributed by atoms with van der Waals surface area (Å²) in [4.78, 5) is 19.7. The molecular formula is C26H30F3N3O. The lowest BCUT2D eigenvalue weighted by Gasteiger charge is -2.37.